The summed E-state index contributed by atoms with van der Waals surface area (Å²) in [5.74, 6) is -2.28. The van der Waals surface area contributed by atoms with Crippen LogP contribution in [0.15, 0.2) is 42.9 Å². The molecule has 10 nitrogen and oxygen atoms in total. The van der Waals surface area contributed by atoms with E-state index >= 15 is 0 Å². The molecule has 1 aromatic heterocycles. The Morgan fingerprint density at radius 3 is 2.41 bits per heavy atom. The van der Waals surface area contributed by atoms with Crippen LogP contribution >= 0.6 is 0 Å². The zero-order chi connectivity index (χ0) is 21.2. The van der Waals surface area contributed by atoms with E-state index in [0.717, 1.165) is 5.56 Å². The highest BCUT2D eigenvalue weighted by Crippen LogP contribution is 2.13. The highest BCUT2D eigenvalue weighted by Gasteiger charge is 2.29. The van der Waals surface area contributed by atoms with Crippen LogP contribution in [-0.4, -0.2) is 67.8 Å². The van der Waals surface area contributed by atoms with Gasteiger partial charge in [-0.05, 0) is 37.0 Å². The number of aliphatic hydroxyl groups is 1. The van der Waals surface area contributed by atoms with Gasteiger partial charge in [0.1, 0.15) is 17.5 Å². The van der Waals surface area contributed by atoms with Gasteiger partial charge in [-0.25, -0.2) is 4.98 Å². The molecule has 1 heterocycles. The van der Waals surface area contributed by atoms with Gasteiger partial charge in [0, 0.05) is 12.4 Å². The Hall–Kier alpha value is -3.02. The quantitative estimate of drug-likeness (QED) is 0.270. The second kappa shape index (κ2) is 11.1. The summed E-state index contributed by atoms with van der Waals surface area (Å²) < 4.78 is 0. The summed E-state index contributed by atoms with van der Waals surface area (Å²) in [5, 5.41) is 42.6. The number of rotatable bonds is 10. The molecular formula is C18H23BN4O6. The summed E-state index contributed by atoms with van der Waals surface area (Å²) in [6.07, 6.45) is 5.30. The third-order valence-electron chi connectivity index (χ3n) is 4.20. The highest BCUT2D eigenvalue weighted by molar-refractivity contribution is 6.43. The van der Waals surface area contributed by atoms with Crippen molar-refractivity contribution < 1.29 is 29.9 Å². The molecule has 0 aliphatic rings. The van der Waals surface area contributed by atoms with E-state index in [4.69, 9.17) is 0 Å². The van der Waals surface area contributed by atoms with Gasteiger partial charge >= 0.3 is 7.12 Å². The van der Waals surface area contributed by atoms with Gasteiger partial charge in [-0.1, -0.05) is 12.1 Å². The summed E-state index contributed by atoms with van der Waals surface area (Å²) in [4.78, 5) is 32.0. The molecule has 2 atom stereocenters. The lowest BCUT2D eigenvalue weighted by Crippen LogP contribution is -2.55. The summed E-state index contributed by atoms with van der Waals surface area (Å²) in [6, 6.07) is 5.33. The topological polar surface area (TPSA) is 165 Å². The maximum atomic E-state index is 12.4. The molecule has 0 aliphatic heterocycles. The zero-order valence-electron chi connectivity index (χ0n) is 15.6. The van der Waals surface area contributed by atoms with Gasteiger partial charge in [0.15, 0.2) is 0 Å². The number of aromatic hydroxyl groups is 1. The molecule has 2 unspecified atom stereocenters. The van der Waals surface area contributed by atoms with E-state index in [1.54, 1.807) is 24.3 Å². The van der Waals surface area contributed by atoms with Crippen molar-refractivity contribution in [3.05, 3.63) is 54.1 Å². The van der Waals surface area contributed by atoms with Gasteiger partial charge in [-0.15, -0.1) is 0 Å². The number of amides is 2. The molecule has 0 saturated carbocycles. The monoisotopic (exact) mass is 402 g/mol. The molecule has 6 N–H and O–H groups in total. The Balaban J connectivity index is 1.89. The van der Waals surface area contributed by atoms with E-state index in [1.807, 2.05) is 0 Å². The van der Waals surface area contributed by atoms with Crippen molar-refractivity contribution >= 4 is 18.9 Å². The fourth-order valence-corrected chi connectivity index (χ4v) is 2.61. The van der Waals surface area contributed by atoms with Gasteiger partial charge in [0.25, 0.3) is 5.91 Å². The minimum atomic E-state index is -1.81. The Kier molecular flexibility index (Phi) is 8.53. The number of nitrogens with one attached hydrogen (secondary N) is 2. The van der Waals surface area contributed by atoms with Gasteiger partial charge in [0.05, 0.1) is 18.7 Å². The Morgan fingerprint density at radius 2 is 1.83 bits per heavy atom. The Morgan fingerprint density at radius 1 is 1.10 bits per heavy atom. The lowest BCUT2D eigenvalue weighted by molar-refractivity contribution is -0.124. The second-order valence-electron chi connectivity index (χ2n) is 6.39. The van der Waals surface area contributed by atoms with Crippen LogP contribution in [0.2, 0.25) is 0 Å². The number of aliphatic hydroxyl groups excluding tert-OH is 1. The first-order valence-corrected chi connectivity index (χ1v) is 9.03. The summed E-state index contributed by atoms with van der Waals surface area (Å²) in [6.45, 7) is -0.681. The molecule has 29 heavy (non-hydrogen) atoms. The molecule has 0 bridgehead atoms. The molecular weight excluding hydrogens is 379 g/mol. The van der Waals surface area contributed by atoms with Crippen LogP contribution in [0.4, 0.5) is 0 Å². The van der Waals surface area contributed by atoms with Crippen molar-refractivity contribution in [2.24, 2.45) is 0 Å². The molecule has 2 aromatic rings. The molecule has 0 fully saturated rings. The fraction of sp³-hybridized carbons (Fsp3) is 0.333. The maximum absolute atomic E-state index is 12.4. The molecule has 1 aromatic carbocycles. The van der Waals surface area contributed by atoms with Crippen LogP contribution < -0.4 is 10.6 Å². The first kappa shape index (κ1) is 22.3. The minimum absolute atomic E-state index is 0.0219. The molecule has 2 amide bonds. The van der Waals surface area contributed by atoms with E-state index in [-0.39, 0.29) is 17.9 Å². The van der Waals surface area contributed by atoms with Crippen molar-refractivity contribution in [3.8, 4) is 5.75 Å². The molecule has 2 rings (SSSR count). The third-order valence-corrected chi connectivity index (χ3v) is 4.20. The first-order valence-electron chi connectivity index (χ1n) is 9.03. The first-order chi connectivity index (χ1) is 13.9. The number of phenolic OH excluding ortho intramolecular Hbond substituents is 1. The zero-order valence-corrected chi connectivity index (χ0v) is 15.6. The summed E-state index contributed by atoms with van der Waals surface area (Å²) in [7, 11) is -1.81. The van der Waals surface area contributed by atoms with Crippen LogP contribution in [-0.2, 0) is 11.2 Å². The number of phenols is 1. The lowest BCUT2D eigenvalue weighted by Gasteiger charge is -2.22. The third kappa shape index (κ3) is 7.14. The normalized spacial score (nSPS) is 12.7. The Labute approximate surface area is 167 Å². The van der Waals surface area contributed by atoms with E-state index in [0.29, 0.717) is 12.8 Å². The van der Waals surface area contributed by atoms with Crippen LogP contribution in [0, 0.1) is 0 Å². The number of aryl methyl sites for hydroxylation is 1. The largest absolute Gasteiger partial charge is 0.508 e. The van der Waals surface area contributed by atoms with Crippen LogP contribution in [0.25, 0.3) is 0 Å². The number of hydrogen-bond donors (Lipinski definition) is 6. The number of benzene rings is 1. The predicted molar refractivity (Wildman–Crippen MR) is 104 cm³/mol. The van der Waals surface area contributed by atoms with Crippen molar-refractivity contribution in [1.29, 1.82) is 0 Å². The van der Waals surface area contributed by atoms with Crippen molar-refractivity contribution in [2.75, 3.05) is 6.61 Å². The maximum Gasteiger partial charge on any atom is 0.475 e. The molecule has 0 aliphatic carbocycles. The SMILES string of the molecule is O=C(NC(CO)C(=O)NC(CCCc1ccc(O)cc1)B(O)O)c1cnccn1. The number of carbonyl (C=O) groups is 2. The number of carbonyl (C=O) groups excluding carboxylic acids is 2. The number of aromatic nitrogens is 2. The fourth-order valence-electron chi connectivity index (χ4n) is 2.61. The number of nitrogens with zero attached hydrogens (tertiary/aromatic N) is 2. The minimum Gasteiger partial charge on any atom is -0.508 e. The molecule has 0 radical (unpaired) electrons. The van der Waals surface area contributed by atoms with Gasteiger partial charge < -0.3 is 30.9 Å². The molecule has 11 heteroatoms. The highest BCUT2D eigenvalue weighted by atomic mass is 16.4. The van der Waals surface area contributed by atoms with Gasteiger partial charge in [0.2, 0.25) is 5.91 Å². The van der Waals surface area contributed by atoms with Crippen molar-refractivity contribution in [2.45, 2.75) is 31.2 Å². The van der Waals surface area contributed by atoms with Crippen molar-refractivity contribution in [1.82, 2.24) is 20.6 Å². The molecule has 154 valence electrons. The standard InChI is InChI=1S/C18H23BN4O6/c24-11-15(22-17(26)14-10-20-8-9-21-14)18(27)23-16(19(28)29)3-1-2-12-4-6-13(25)7-5-12/h4-10,15-16,24-25,28-29H,1-3,11H2,(H,22,26)(H,23,27). The van der Waals surface area contributed by atoms with Crippen LogP contribution in [0.3, 0.4) is 0 Å². The summed E-state index contributed by atoms with van der Waals surface area (Å²) >= 11 is 0. The average Bonchev–Trinajstić information content (AvgIpc) is 2.72. The second-order valence-corrected chi connectivity index (χ2v) is 6.39. The van der Waals surface area contributed by atoms with Crippen LogP contribution in [0.5, 0.6) is 5.75 Å². The Bertz CT molecular complexity index is 791. The van der Waals surface area contributed by atoms with Crippen molar-refractivity contribution in [3.63, 3.8) is 0 Å². The lowest BCUT2D eigenvalue weighted by atomic mass is 9.76. The van der Waals surface area contributed by atoms with Gasteiger partial charge in [-0.2, -0.15) is 0 Å². The molecule has 0 spiro atoms. The van der Waals surface area contributed by atoms with Gasteiger partial charge in [-0.3, -0.25) is 14.6 Å². The smallest absolute Gasteiger partial charge is 0.475 e. The number of hydrogen-bond acceptors (Lipinski definition) is 8. The van der Waals surface area contributed by atoms with E-state index in [2.05, 4.69) is 20.6 Å². The predicted octanol–water partition coefficient (Wildman–Crippen LogP) is -1.21. The van der Waals surface area contributed by atoms with Crippen LogP contribution in [0.1, 0.15) is 28.9 Å². The average molecular weight is 402 g/mol. The van der Waals surface area contributed by atoms with E-state index < -0.39 is 37.5 Å². The van der Waals surface area contributed by atoms with E-state index in [9.17, 15) is 29.9 Å². The summed E-state index contributed by atoms with van der Waals surface area (Å²) in [5.41, 5.74) is 0.927. The van der Waals surface area contributed by atoms with E-state index in [1.165, 1.54) is 18.6 Å². The molecule has 0 saturated heterocycles.